The van der Waals surface area contributed by atoms with Gasteiger partial charge in [0.1, 0.15) is 11.2 Å². The van der Waals surface area contributed by atoms with Crippen molar-refractivity contribution in [3.8, 4) is 0 Å². The van der Waals surface area contributed by atoms with Crippen molar-refractivity contribution in [2.75, 3.05) is 20.8 Å². The molecule has 25 heavy (non-hydrogen) atoms. The Hall–Kier alpha value is -1.72. The zero-order chi connectivity index (χ0) is 17.7. The van der Waals surface area contributed by atoms with Crippen LogP contribution in [0.2, 0.25) is 0 Å². The number of hydrogen-bond donors (Lipinski definition) is 0. The molecule has 4 saturated carbocycles. The summed E-state index contributed by atoms with van der Waals surface area (Å²) in [7, 11) is 3.01. The third-order valence-electron chi connectivity index (χ3n) is 6.66. The molecule has 0 heterocycles. The van der Waals surface area contributed by atoms with Crippen LogP contribution in [0.5, 0.6) is 0 Å². The first-order valence-corrected chi connectivity index (χ1v) is 8.92. The highest BCUT2D eigenvalue weighted by Gasteiger charge is 2.93. The van der Waals surface area contributed by atoms with E-state index < -0.39 is 11.0 Å². The number of benzene rings is 1. The molecule has 4 fully saturated rings. The van der Waals surface area contributed by atoms with Crippen LogP contribution in [-0.2, 0) is 30.4 Å². The number of Topliss-reactive ketones (excluding diaryl/α,β-unsaturated/α-hetero) is 1. The van der Waals surface area contributed by atoms with Gasteiger partial charge in [0.25, 0.3) is 0 Å². The number of ether oxygens (including phenoxy) is 3. The van der Waals surface area contributed by atoms with Crippen molar-refractivity contribution in [3.63, 3.8) is 0 Å². The van der Waals surface area contributed by atoms with Crippen molar-refractivity contribution in [2.24, 2.45) is 23.2 Å². The smallest absolute Gasteiger partial charge is 0.315 e. The van der Waals surface area contributed by atoms with Gasteiger partial charge in [0.15, 0.2) is 0 Å². The molecular weight excluding hydrogens is 320 g/mol. The van der Waals surface area contributed by atoms with Gasteiger partial charge < -0.3 is 14.2 Å². The Morgan fingerprint density at radius 3 is 2.64 bits per heavy atom. The summed E-state index contributed by atoms with van der Waals surface area (Å²) in [6.07, 6.45) is 2.24. The Kier molecular flexibility index (Phi) is 3.96. The molecule has 0 unspecified atom stereocenters. The minimum Gasteiger partial charge on any atom is -0.468 e. The van der Waals surface area contributed by atoms with E-state index in [0.717, 1.165) is 18.4 Å². The van der Waals surface area contributed by atoms with Gasteiger partial charge in [0, 0.05) is 19.6 Å². The number of esters is 1. The molecule has 1 aromatic carbocycles. The van der Waals surface area contributed by atoms with Gasteiger partial charge in [-0.05, 0) is 30.7 Å². The van der Waals surface area contributed by atoms with Gasteiger partial charge in [-0.1, -0.05) is 30.3 Å². The van der Waals surface area contributed by atoms with Crippen LogP contribution in [0.3, 0.4) is 0 Å². The monoisotopic (exact) mass is 344 g/mol. The van der Waals surface area contributed by atoms with Crippen LogP contribution >= 0.6 is 0 Å². The maximum atomic E-state index is 12.7. The first-order valence-electron chi connectivity index (χ1n) is 8.92. The van der Waals surface area contributed by atoms with Gasteiger partial charge in [0.2, 0.25) is 0 Å². The van der Waals surface area contributed by atoms with Crippen LogP contribution < -0.4 is 0 Å². The van der Waals surface area contributed by atoms with E-state index in [1.54, 1.807) is 7.11 Å². The molecule has 5 rings (SSSR count). The number of hydrogen-bond acceptors (Lipinski definition) is 5. The fourth-order valence-corrected chi connectivity index (χ4v) is 5.71. The predicted molar refractivity (Wildman–Crippen MR) is 89.6 cm³/mol. The van der Waals surface area contributed by atoms with E-state index in [9.17, 15) is 9.59 Å². The van der Waals surface area contributed by atoms with Crippen LogP contribution in [-0.4, -0.2) is 38.2 Å². The molecule has 4 bridgehead atoms. The molecule has 0 amide bonds. The maximum Gasteiger partial charge on any atom is 0.315 e. The van der Waals surface area contributed by atoms with E-state index in [1.807, 2.05) is 30.3 Å². The number of carbonyl (C=O) groups is 2. The lowest BCUT2D eigenvalue weighted by Gasteiger charge is -2.39. The van der Waals surface area contributed by atoms with Gasteiger partial charge in [-0.15, -0.1) is 0 Å². The lowest BCUT2D eigenvalue weighted by atomic mass is 9.69. The summed E-state index contributed by atoms with van der Waals surface area (Å²) in [5, 5.41) is 0. The molecule has 0 radical (unpaired) electrons. The maximum absolute atomic E-state index is 12.7. The minimum absolute atomic E-state index is 0.0399. The summed E-state index contributed by atoms with van der Waals surface area (Å²) in [5.41, 5.74) is -0.310. The number of fused-ring (bicyclic) bond motifs is 1. The average molecular weight is 344 g/mol. The Bertz CT molecular complexity index is 687. The molecule has 5 nitrogen and oxygen atoms in total. The second kappa shape index (κ2) is 5.92. The van der Waals surface area contributed by atoms with Gasteiger partial charge in [-0.3, -0.25) is 9.59 Å². The molecule has 0 saturated heterocycles. The van der Waals surface area contributed by atoms with E-state index in [0.29, 0.717) is 19.6 Å². The standard InChI is InChI=1S/C20H24O5/c1-23-18(22)20-15(9-11-25-12-13-6-4-3-5-7-13)14-8-10-19(20,24-2)17(20)16(14)21/h3-7,14-15,17H,8-12H2,1-2H3/t14-,15+,17+,19+,20-/m1/s1. The van der Waals surface area contributed by atoms with Crippen molar-refractivity contribution in [2.45, 2.75) is 31.5 Å². The zero-order valence-electron chi connectivity index (χ0n) is 14.7. The molecule has 5 atom stereocenters. The quantitative estimate of drug-likeness (QED) is 0.561. The number of methoxy groups -OCH3 is 2. The Labute approximate surface area is 147 Å². The minimum atomic E-state index is -0.785. The summed E-state index contributed by atoms with van der Waals surface area (Å²) in [6, 6.07) is 9.98. The van der Waals surface area contributed by atoms with Gasteiger partial charge in [0.05, 0.1) is 25.2 Å². The van der Waals surface area contributed by atoms with Crippen LogP contribution in [0, 0.1) is 23.2 Å². The van der Waals surface area contributed by atoms with E-state index in [2.05, 4.69) is 0 Å². The summed E-state index contributed by atoms with van der Waals surface area (Å²) >= 11 is 0. The molecular formula is C20H24O5. The van der Waals surface area contributed by atoms with E-state index in [4.69, 9.17) is 14.2 Å². The Morgan fingerprint density at radius 1 is 1.24 bits per heavy atom. The predicted octanol–water partition coefficient (Wildman–Crippen LogP) is 2.38. The summed E-state index contributed by atoms with van der Waals surface area (Å²) in [4.78, 5) is 25.4. The normalized spacial score (nSPS) is 37.8. The van der Waals surface area contributed by atoms with Crippen molar-refractivity contribution < 1.29 is 23.8 Å². The van der Waals surface area contributed by atoms with Crippen molar-refractivity contribution in [3.05, 3.63) is 35.9 Å². The highest BCUT2D eigenvalue weighted by molar-refractivity contribution is 6.04. The number of rotatable bonds is 7. The molecule has 1 aromatic rings. The molecule has 4 aliphatic rings. The molecule has 0 N–H and O–H groups in total. The molecule has 134 valence electrons. The van der Waals surface area contributed by atoms with Crippen molar-refractivity contribution in [1.82, 2.24) is 0 Å². The van der Waals surface area contributed by atoms with Crippen LogP contribution in [0.15, 0.2) is 30.3 Å². The molecule has 4 aliphatic carbocycles. The lowest BCUT2D eigenvalue weighted by Crippen LogP contribution is -2.46. The third kappa shape index (κ3) is 2.02. The van der Waals surface area contributed by atoms with Crippen LogP contribution in [0.25, 0.3) is 0 Å². The molecule has 0 aromatic heterocycles. The topological polar surface area (TPSA) is 61.8 Å². The highest BCUT2D eigenvalue weighted by atomic mass is 16.5. The first kappa shape index (κ1) is 16.7. The fourth-order valence-electron chi connectivity index (χ4n) is 5.71. The number of ketones is 1. The lowest BCUT2D eigenvalue weighted by molar-refractivity contribution is -0.159. The van der Waals surface area contributed by atoms with Crippen molar-refractivity contribution in [1.29, 1.82) is 0 Å². The van der Waals surface area contributed by atoms with Crippen LogP contribution in [0.1, 0.15) is 24.8 Å². The third-order valence-corrected chi connectivity index (χ3v) is 6.66. The highest BCUT2D eigenvalue weighted by Crippen LogP contribution is 2.80. The fraction of sp³-hybridized carbons (Fsp3) is 0.600. The van der Waals surface area contributed by atoms with Crippen molar-refractivity contribution >= 4 is 11.8 Å². The Morgan fingerprint density at radius 2 is 2.00 bits per heavy atom. The van der Waals surface area contributed by atoms with E-state index >= 15 is 0 Å². The van der Waals surface area contributed by atoms with Gasteiger partial charge in [-0.25, -0.2) is 0 Å². The molecule has 0 spiro atoms. The molecule has 5 heteroatoms. The number of carbonyl (C=O) groups excluding carboxylic acids is 2. The Balaban J connectivity index is 1.47. The summed E-state index contributed by atoms with van der Waals surface area (Å²) in [5.74, 6) is -0.520. The SMILES string of the molecule is COC(=O)[C@@]12[C@H]3C(=O)[C@H](CC[C@]31OC)[C@@H]2CCOCc1ccccc1. The van der Waals surface area contributed by atoms with E-state index in [1.165, 1.54) is 7.11 Å². The summed E-state index contributed by atoms with van der Waals surface area (Å²) in [6.45, 7) is 1.06. The molecule has 0 aliphatic heterocycles. The second-order valence-electron chi connectivity index (χ2n) is 7.37. The largest absolute Gasteiger partial charge is 0.468 e. The van der Waals surface area contributed by atoms with Crippen LogP contribution in [0.4, 0.5) is 0 Å². The zero-order valence-corrected chi connectivity index (χ0v) is 14.7. The van der Waals surface area contributed by atoms with Gasteiger partial charge >= 0.3 is 5.97 Å². The average Bonchev–Trinajstić information content (AvgIpc) is 3.24. The second-order valence-corrected chi connectivity index (χ2v) is 7.37. The first-order chi connectivity index (χ1) is 12.1. The van der Waals surface area contributed by atoms with E-state index in [-0.39, 0.29) is 29.5 Å². The van der Waals surface area contributed by atoms with Gasteiger partial charge in [-0.2, -0.15) is 0 Å². The summed E-state index contributed by atoms with van der Waals surface area (Å²) < 4.78 is 16.7.